The van der Waals surface area contributed by atoms with E-state index in [4.69, 9.17) is 15.2 Å². The maximum absolute atomic E-state index is 14.8. The highest BCUT2D eigenvalue weighted by Gasteiger charge is 2.19. The molecule has 0 aliphatic carbocycles. The molecular formula is C31H42FN5O4. The Morgan fingerprint density at radius 3 is 2.24 bits per heavy atom. The number of rotatable bonds is 18. The Morgan fingerprint density at radius 2 is 1.51 bits per heavy atom. The average Bonchev–Trinajstić information content (AvgIpc) is 2.98. The summed E-state index contributed by atoms with van der Waals surface area (Å²) in [7, 11) is 0. The van der Waals surface area contributed by atoms with Gasteiger partial charge >= 0.3 is 12.1 Å². The van der Waals surface area contributed by atoms with E-state index in [1.54, 1.807) is 6.92 Å². The van der Waals surface area contributed by atoms with Crippen molar-refractivity contribution in [3.05, 3.63) is 71.5 Å². The van der Waals surface area contributed by atoms with Gasteiger partial charge in [-0.1, -0.05) is 36.4 Å². The first-order chi connectivity index (χ1) is 20.0. The molecule has 0 bridgehead atoms. The summed E-state index contributed by atoms with van der Waals surface area (Å²) in [6, 6.07) is 16.2. The molecule has 9 nitrogen and oxygen atoms in total. The first kappa shape index (κ1) is 31.8. The number of hydrogen-bond donors (Lipinski definition) is 5. The summed E-state index contributed by atoms with van der Waals surface area (Å²) >= 11 is 0. The number of carbonyl (C=O) groups is 2. The number of amides is 1. The number of halogens is 1. The van der Waals surface area contributed by atoms with Crippen LogP contribution in [0.25, 0.3) is 10.8 Å². The van der Waals surface area contributed by atoms with Gasteiger partial charge < -0.3 is 31.2 Å². The second-order valence-electron chi connectivity index (χ2n) is 9.61. The van der Waals surface area contributed by atoms with Gasteiger partial charge in [0.15, 0.2) is 0 Å². The highest BCUT2D eigenvalue weighted by atomic mass is 19.1. The Balaban J connectivity index is 1.50. The van der Waals surface area contributed by atoms with Crippen molar-refractivity contribution >= 4 is 34.2 Å². The molecule has 0 fully saturated rings. The molecular weight excluding hydrogens is 525 g/mol. The van der Waals surface area contributed by atoms with Gasteiger partial charge in [0.1, 0.15) is 12.4 Å². The first-order valence-electron chi connectivity index (χ1n) is 14.3. The Hall–Kier alpha value is -3.73. The van der Waals surface area contributed by atoms with Crippen LogP contribution in [0.3, 0.4) is 0 Å². The zero-order chi connectivity index (χ0) is 29.3. The van der Waals surface area contributed by atoms with Crippen LogP contribution in [0.1, 0.15) is 48.5 Å². The van der Waals surface area contributed by atoms with Crippen molar-refractivity contribution in [2.24, 2.45) is 5.73 Å². The Labute approximate surface area is 241 Å². The molecule has 0 radical (unpaired) electrons. The summed E-state index contributed by atoms with van der Waals surface area (Å²) in [4.78, 5) is 25.1. The number of ether oxygens (including phenoxy) is 2. The molecule has 1 amide bonds. The minimum absolute atomic E-state index is 0.0372. The van der Waals surface area contributed by atoms with Crippen molar-refractivity contribution in [1.29, 1.82) is 0 Å². The number of nitrogens with two attached hydrogens (primary N) is 1. The van der Waals surface area contributed by atoms with Gasteiger partial charge in [-0.3, -0.25) is 5.32 Å². The number of unbranched alkanes of at least 4 members (excludes halogenated alkanes) is 1. The lowest BCUT2D eigenvalue weighted by molar-refractivity contribution is 0.0527. The Kier molecular flexibility index (Phi) is 13.8. The smallest absolute Gasteiger partial charge is 0.411 e. The maximum atomic E-state index is 14.8. The zero-order valence-corrected chi connectivity index (χ0v) is 23.8. The van der Waals surface area contributed by atoms with E-state index in [-0.39, 0.29) is 30.2 Å². The van der Waals surface area contributed by atoms with Crippen LogP contribution in [-0.2, 0) is 16.1 Å². The van der Waals surface area contributed by atoms with Crippen LogP contribution in [0.5, 0.6) is 0 Å². The minimum atomic E-state index is -0.764. The van der Waals surface area contributed by atoms with E-state index in [1.807, 2.05) is 42.5 Å². The van der Waals surface area contributed by atoms with Crippen molar-refractivity contribution in [2.45, 2.75) is 39.2 Å². The molecule has 222 valence electrons. The van der Waals surface area contributed by atoms with E-state index in [0.29, 0.717) is 13.1 Å². The highest BCUT2D eigenvalue weighted by Crippen LogP contribution is 2.26. The van der Waals surface area contributed by atoms with Crippen LogP contribution in [0, 0.1) is 5.82 Å². The van der Waals surface area contributed by atoms with Crippen LogP contribution >= 0.6 is 0 Å². The average molecular weight is 568 g/mol. The Morgan fingerprint density at radius 1 is 0.805 bits per heavy atom. The second-order valence-corrected chi connectivity index (χ2v) is 9.61. The van der Waals surface area contributed by atoms with Crippen LogP contribution in [-0.4, -0.2) is 57.9 Å². The highest BCUT2D eigenvalue weighted by molar-refractivity contribution is 6.00. The quantitative estimate of drug-likeness (QED) is 0.107. The fourth-order valence-corrected chi connectivity index (χ4v) is 4.23. The summed E-state index contributed by atoms with van der Waals surface area (Å²) in [6.07, 6.45) is 3.16. The topological polar surface area (TPSA) is 127 Å². The first-order valence-corrected chi connectivity index (χ1v) is 14.3. The molecule has 0 atom stereocenters. The third kappa shape index (κ3) is 11.0. The molecule has 0 spiro atoms. The van der Waals surface area contributed by atoms with Gasteiger partial charge in [0.2, 0.25) is 0 Å². The third-order valence-corrected chi connectivity index (χ3v) is 6.38. The molecule has 0 saturated heterocycles. The molecule has 0 heterocycles. The van der Waals surface area contributed by atoms with E-state index >= 15 is 0 Å². The molecule has 41 heavy (non-hydrogen) atoms. The van der Waals surface area contributed by atoms with Crippen molar-refractivity contribution in [2.75, 3.05) is 56.5 Å². The molecule has 10 heteroatoms. The molecule has 0 unspecified atom stereocenters. The van der Waals surface area contributed by atoms with Gasteiger partial charge in [0, 0.05) is 6.54 Å². The van der Waals surface area contributed by atoms with Crippen molar-refractivity contribution in [3.63, 3.8) is 0 Å². The molecule has 0 saturated carbocycles. The molecule has 0 aliphatic heterocycles. The second kappa shape index (κ2) is 17.9. The van der Waals surface area contributed by atoms with Crippen LogP contribution < -0.4 is 27.0 Å². The maximum Gasteiger partial charge on any atom is 0.411 e. The van der Waals surface area contributed by atoms with E-state index in [0.717, 1.165) is 74.3 Å². The van der Waals surface area contributed by atoms with Gasteiger partial charge in [-0.05, 0) is 99.9 Å². The number of benzene rings is 3. The van der Waals surface area contributed by atoms with E-state index in [1.165, 1.54) is 6.07 Å². The number of fused-ring (bicyclic) bond motifs is 1. The fourth-order valence-electron chi connectivity index (χ4n) is 4.23. The summed E-state index contributed by atoms with van der Waals surface area (Å²) in [5.74, 6) is -1.35. The lowest BCUT2D eigenvalue weighted by Crippen LogP contribution is -2.22. The van der Waals surface area contributed by atoms with Crippen LogP contribution in [0.2, 0.25) is 0 Å². The third-order valence-electron chi connectivity index (χ3n) is 6.38. The van der Waals surface area contributed by atoms with E-state index in [2.05, 4.69) is 21.3 Å². The molecule has 3 aromatic rings. The Bertz CT molecular complexity index is 1260. The van der Waals surface area contributed by atoms with E-state index in [9.17, 15) is 14.0 Å². The molecule has 3 rings (SSSR count). The van der Waals surface area contributed by atoms with Crippen molar-refractivity contribution in [1.82, 2.24) is 10.6 Å². The summed E-state index contributed by atoms with van der Waals surface area (Å²) in [6.45, 7) is 6.66. The number of esters is 1. The monoisotopic (exact) mass is 567 g/mol. The number of nitrogens with one attached hydrogen (secondary N) is 4. The number of hydrogen-bond acceptors (Lipinski definition) is 8. The number of anilines is 2. The van der Waals surface area contributed by atoms with Gasteiger partial charge in [-0.25, -0.2) is 14.0 Å². The standard InChI is InChI=1S/C31H42FN5O4/c1-2-40-30(38)26-20-27(32)29(36-18-8-17-35-15-6-5-14-34-16-7-13-33)21-28(26)37-31(39)41-22-23-11-12-24-9-3-4-10-25(24)19-23/h3-4,9-12,19-21,34-36H,2,5-8,13-18,22,33H2,1H3,(H,37,39). The lowest BCUT2D eigenvalue weighted by Gasteiger charge is -2.15. The van der Waals surface area contributed by atoms with E-state index < -0.39 is 17.9 Å². The van der Waals surface area contributed by atoms with Gasteiger partial charge in [-0.15, -0.1) is 0 Å². The molecule has 0 aliphatic rings. The van der Waals surface area contributed by atoms with Crippen LogP contribution in [0.4, 0.5) is 20.6 Å². The van der Waals surface area contributed by atoms with Crippen LogP contribution in [0.15, 0.2) is 54.6 Å². The normalized spacial score (nSPS) is 10.9. The van der Waals surface area contributed by atoms with Gasteiger partial charge in [0.25, 0.3) is 0 Å². The van der Waals surface area contributed by atoms with Crippen molar-refractivity contribution < 1.29 is 23.5 Å². The molecule has 6 N–H and O–H groups in total. The summed E-state index contributed by atoms with van der Waals surface area (Å²) in [5.41, 5.74) is 6.49. The van der Waals surface area contributed by atoms with Gasteiger partial charge in [0.05, 0.1) is 23.5 Å². The largest absolute Gasteiger partial charge is 0.462 e. The summed E-state index contributed by atoms with van der Waals surface area (Å²) in [5, 5.41) is 14.5. The zero-order valence-electron chi connectivity index (χ0n) is 23.8. The SMILES string of the molecule is CCOC(=O)c1cc(F)c(NCCCNCCCCNCCCN)cc1NC(=O)OCc1ccc2ccccc2c1. The lowest BCUT2D eigenvalue weighted by atomic mass is 10.1. The predicted octanol–water partition coefficient (Wildman–Crippen LogP) is 5.01. The minimum Gasteiger partial charge on any atom is -0.462 e. The number of carbonyl (C=O) groups excluding carboxylic acids is 2. The van der Waals surface area contributed by atoms with Crippen molar-refractivity contribution in [3.8, 4) is 0 Å². The molecule has 0 aromatic heterocycles. The van der Waals surface area contributed by atoms with Gasteiger partial charge in [-0.2, -0.15) is 0 Å². The summed E-state index contributed by atoms with van der Waals surface area (Å²) < 4.78 is 25.3. The predicted molar refractivity (Wildman–Crippen MR) is 162 cm³/mol. The fraction of sp³-hybridized carbons (Fsp3) is 0.419. The molecule has 3 aromatic carbocycles.